The van der Waals surface area contributed by atoms with Crippen LogP contribution in [0.3, 0.4) is 0 Å². The van der Waals surface area contributed by atoms with Crippen molar-refractivity contribution in [2.45, 2.75) is 61.7 Å². The summed E-state index contributed by atoms with van der Waals surface area (Å²) in [7, 11) is 0. The fraction of sp³-hybridized carbons (Fsp3) is 0.345. The van der Waals surface area contributed by atoms with Crippen molar-refractivity contribution in [2.24, 2.45) is 5.11 Å². The molecule has 9 heteroatoms. The van der Waals surface area contributed by atoms with Crippen molar-refractivity contribution < 1.29 is 23.7 Å². The molecule has 5 atom stereocenters. The van der Waals surface area contributed by atoms with Gasteiger partial charge in [-0.05, 0) is 35.7 Å². The Morgan fingerprint density at radius 1 is 0.921 bits per heavy atom. The first-order valence-corrected chi connectivity index (χ1v) is 13.3. The minimum atomic E-state index is -0.704. The zero-order valence-corrected chi connectivity index (χ0v) is 22.2. The van der Waals surface area contributed by atoms with Gasteiger partial charge in [-0.3, -0.25) is 4.79 Å². The van der Waals surface area contributed by atoms with Gasteiger partial charge in [0.2, 0.25) is 0 Å². The highest BCUT2D eigenvalue weighted by atomic mass is 32.2. The average molecular weight is 534 g/mol. The van der Waals surface area contributed by atoms with Gasteiger partial charge < -0.3 is 18.9 Å². The lowest BCUT2D eigenvalue weighted by Gasteiger charge is -2.44. The lowest BCUT2D eigenvalue weighted by Crippen LogP contribution is -2.59. The molecule has 3 aromatic rings. The zero-order chi connectivity index (χ0) is 26.7. The van der Waals surface area contributed by atoms with Crippen LogP contribution in [-0.2, 0) is 37.0 Å². The van der Waals surface area contributed by atoms with Crippen LogP contribution < -0.4 is 0 Å². The summed E-state index contributed by atoms with van der Waals surface area (Å²) in [5.74, 6) is -0.419. The first-order chi connectivity index (χ1) is 18.5. The molecule has 0 saturated carbocycles. The summed E-state index contributed by atoms with van der Waals surface area (Å²) >= 11 is 1.44. The third-order valence-corrected chi connectivity index (χ3v) is 7.26. The molecule has 4 rings (SSSR count). The van der Waals surface area contributed by atoms with Gasteiger partial charge in [0.1, 0.15) is 30.3 Å². The maximum Gasteiger partial charge on any atom is 0.302 e. The molecule has 1 saturated heterocycles. The molecule has 8 nitrogen and oxygen atoms in total. The van der Waals surface area contributed by atoms with E-state index in [9.17, 15) is 10.3 Å². The van der Waals surface area contributed by atoms with Crippen LogP contribution in [0.2, 0.25) is 0 Å². The number of aryl methyl sites for hydroxylation is 1. The Kier molecular flexibility index (Phi) is 10.2. The molecule has 1 heterocycles. The molecule has 38 heavy (non-hydrogen) atoms. The minimum absolute atomic E-state index is 0.0199. The van der Waals surface area contributed by atoms with Crippen LogP contribution in [0.25, 0.3) is 10.4 Å². The highest BCUT2D eigenvalue weighted by Crippen LogP contribution is 2.38. The molecular weight excluding hydrogens is 502 g/mol. The number of azide groups is 1. The molecule has 3 aromatic carbocycles. The summed E-state index contributed by atoms with van der Waals surface area (Å²) in [4.78, 5) is 15.8. The summed E-state index contributed by atoms with van der Waals surface area (Å²) in [5, 5.41) is 4.13. The average Bonchev–Trinajstić information content (AvgIpc) is 2.93. The topological polar surface area (TPSA) is 103 Å². The second kappa shape index (κ2) is 14.0. The van der Waals surface area contributed by atoms with Gasteiger partial charge in [-0.25, -0.2) is 0 Å². The lowest BCUT2D eigenvalue weighted by atomic mass is 9.97. The van der Waals surface area contributed by atoms with Crippen molar-refractivity contribution in [3.05, 3.63) is 112 Å². The number of esters is 1. The number of carbonyl (C=O) groups excluding carboxylic acids is 1. The largest absolute Gasteiger partial charge is 0.463 e. The summed E-state index contributed by atoms with van der Waals surface area (Å²) in [6.45, 7) is 3.93. The Morgan fingerprint density at radius 2 is 1.50 bits per heavy atom. The van der Waals surface area contributed by atoms with Gasteiger partial charge in [0.25, 0.3) is 0 Å². The fourth-order valence-corrected chi connectivity index (χ4v) is 5.29. The number of rotatable bonds is 11. The maximum absolute atomic E-state index is 11.7. The summed E-state index contributed by atoms with van der Waals surface area (Å²) in [5.41, 5.74) is 12.0. The van der Waals surface area contributed by atoms with Crippen molar-refractivity contribution in [1.29, 1.82) is 0 Å². The van der Waals surface area contributed by atoms with E-state index in [1.165, 1.54) is 18.7 Å². The molecule has 0 unspecified atom stereocenters. The predicted octanol–water partition coefficient (Wildman–Crippen LogP) is 6.22. The van der Waals surface area contributed by atoms with Gasteiger partial charge in [0.05, 0.1) is 19.3 Å². The summed E-state index contributed by atoms with van der Waals surface area (Å²) < 4.78 is 24.6. The molecule has 1 aliphatic heterocycles. The van der Waals surface area contributed by atoms with Crippen molar-refractivity contribution in [1.82, 2.24) is 0 Å². The van der Waals surface area contributed by atoms with Crippen LogP contribution in [-0.4, -0.2) is 42.4 Å². The highest BCUT2D eigenvalue weighted by Gasteiger charge is 2.48. The third-order valence-electron chi connectivity index (χ3n) is 6.09. The Morgan fingerprint density at radius 3 is 2.05 bits per heavy atom. The van der Waals surface area contributed by atoms with Crippen LogP contribution in [0.15, 0.2) is 94.9 Å². The molecule has 0 bridgehead atoms. The van der Waals surface area contributed by atoms with Gasteiger partial charge in [-0.15, -0.1) is 0 Å². The number of hydrogen-bond acceptors (Lipinski definition) is 7. The molecule has 0 radical (unpaired) electrons. The minimum Gasteiger partial charge on any atom is -0.463 e. The van der Waals surface area contributed by atoms with E-state index >= 15 is 0 Å². The number of nitrogens with zero attached hydrogens (tertiary/aromatic N) is 3. The standard InChI is InChI=1S/C29H31N3O5S/c1-20-13-15-24(16-14-20)38-29-26(31-32-30)28(36-18-23-11-7-4-8-12-23)27(25(37-29)19-34-21(2)33)35-17-22-9-5-3-6-10-22/h3-16,25-29H,17-19H2,1-2H3/t25-,26-,27-,28-,29-/m1/s1. The predicted molar refractivity (Wildman–Crippen MR) is 145 cm³/mol. The second-order valence-corrected chi connectivity index (χ2v) is 10.2. The third kappa shape index (κ3) is 7.84. The monoisotopic (exact) mass is 533 g/mol. The van der Waals surface area contributed by atoms with Crippen LogP contribution in [0.5, 0.6) is 0 Å². The van der Waals surface area contributed by atoms with Gasteiger partial charge in [-0.1, -0.05) is 95.2 Å². The van der Waals surface area contributed by atoms with E-state index in [-0.39, 0.29) is 19.8 Å². The van der Waals surface area contributed by atoms with Crippen LogP contribution in [0.4, 0.5) is 0 Å². The summed E-state index contributed by atoms with van der Waals surface area (Å²) in [6, 6.07) is 26.8. The lowest BCUT2D eigenvalue weighted by molar-refractivity contribution is -0.210. The number of hydrogen-bond donors (Lipinski definition) is 0. The van der Waals surface area contributed by atoms with E-state index in [1.54, 1.807) is 0 Å². The second-order valence-electron chi connectivity index (χ2n) is 8.99. The number of carbonyl (C=O) groups is 1. The first kappa shape index (κ1) is 27.7. The van der Waals surface area contributed by atoms with Gasteiger partial charge in [0, 0.05) is 16.7 Å². The quantitative estimate of drug-likeness (QED) is 0.125. The molecule has 0 amide bonds. The van der Waals surface area contributed by atoms with E-state index in [0.717, 1.165) is 21.6 Å². The van der Waals surface area contributed by atoms with E-state index in [4.69, 9.17) is 18.9 Å². The van der Waals surface area contributed by atoms with E-state index < -0.39 is 35.8 Å². The van der Waals surface area contributed by atoms with E-state index in [0.29, 0.717) is 0 Å². The number of thioether (sulfide) groups is 1. The van der Waals surface area contributed by atoms with Crippen LogP contribution >= 0.6 is 11.8 Å². The van der Waals surface area contributed by atoms with Crippen LogP contribution in [0.1, 0.15) is 23.6 Å². The number of ether oxygens (including phenoxy) is 4. The molecule has 1 aliphatic rings. The van der Waals surface area contributed by atoms with Crippen molar-refractivity contribution in [2.75, 3.05) is 6.61 Å². The van der Waals surface area contributed by atoms with Crippen molar-refractivity contribution in [3.63, 3.8) is 0 Å². The maximum atomic E-state index is 11.7. The fourth-order valence-electron chi connectivity index (χ4n) is 4.18. The molecule has 0 aromatic heterocycles. The number of benzene rings is 3. The molecule has 1 fully saturated rings. The van der Waals surface area contributed by atoms with Gasteiger partial charge in [-0.2, -0.15) is 0 Å². The van der Waals surface area contributed by atoms with E-state index in [2.05, 4.69) is 10.0 Å². The van der Waals surface area contributed by atoms with Crippen molar-refractivity contribution in [3.8, 4) is 0 Å². The Balaban J connectivity index is 1.65. The highest BCUT2D eigenvalue weighted by molar-refractivity contribution is 7.99. The normalized spacial score (nSPS) is 22.8. The zero-order valence-electron chi connectivity index (χ0n) is 21.4. The molecular formula is C29H31N3O5S. The molecule has 0 N–H and O–H groups in total. The SMILES string of the molecule is CC(=O)OC[C@H]1O[C@H](Sc2ccc(C)cc2)[C@H](N=[N+]=[N-])[C@@H](OCc2ccccc2)[C@@H]1OCc1ccccc1. The van der Waals surface area contributed by atoms with Gasteiger partial charge in [0.15, 0.2) is 0 Å². The molecule has 0 spiro atoms. The molecule has 0 aliphatic carbocycles. The van der Waals surface area contributed by atoms with Gasteiger partial charge >= 0.3 is 5.97 Å². The smallest absolute Gasteiger partial charge is 0.302 e. The molecule has 198 valence electrons. The summed E-state index contributed by atoms with van der Waals surface area (Å²) in [6.07, 6.45) is -1.97. The van der Waals surface area contributed by atoms with E-state index in [1.807, 2.05) is 91.9 Å². The Bertz CT molecular complexity index is 1210. The Hall–Kier alpha value is -3.33. The van der Waals surface area contributed by atoms with Crippen LogP contribution in [0, 0.1) is 6.92 Å². The van der Waals surface area contributed by atoms with Crippen molar-refractivity contribution >= 4 is 17.7 Å². The first-order valence-electron chi connectivity index (χ1n) is 12.4. The Labute approximate surface area is 226 Å².